The monoisotopic (exact) mass is 605 g/mol. The van der Waals surface area contributed by atoms with Gasteiger partial charge in [-0.3, -0.25) is 9.59 Å². The van der Waals surface area contributed by atoms with Crippen LogP contribution in [-0.2, 0) is 0 Å². The van der Waals surface area contributed by atoms with Gasteiger partial charge in [0.15, 0.2) is 11.5 Å². The highest BCUT2D eigenvalue weighted by molar-refractivity contribution is 6.31. The molecular formula is C31H25Cl2N3O6. The van der Waals surface area contributed by atoms with Crippen molar-refractivity contribution < 1.29 is 28.6 Å². The molecule has 11 heteroatoms. The first-order valence-electron chi connectivity index (χ1n) is 12.6. The first-order valence-corrected chi connectivity index (χ1v) is 13.4. The van der Waals surface area contributed by atoms with Gasteiger partial charge in [0, 0.05) is 21.3 Å². The van der Waals surface area contributed by atoms with E-state index in [-0.39, 0.29) is 16.9 Å². The fourth-order valence-electron chi connectivity index (χ4n) is 3.73. The van der Waals surface area contributed by atoms with Crippen molar-refractivity contribution in [3.8, 4) is 17.2 Å². The molecule has 0 spiro atoms. The normalized spacial score (nSPS) is 10.7. The van der Waals surface area contributed by atoms with Crippen LogP contribution in [0.1, 0.15) is 43.6 Å². The largest absolute Gasteiger partial charge is 0.496 e. The number of rotatable bonds is 10. The fraction of sp³-hybridized carbons (Fsp3) is 0.0968. The molecule has 0 fully saturated rings. The van der Waals surface area contributed by atoms with E-state index in [1.54, 1.807) is 79.7 Å². The molecule has 0 saturated carbocycles. The summed E-state index contributed by atoms with van der Waals surface area (Å²) in [6, 6.07) is 22.3. The number of hydrazone groups is 1. The number of hydrogen-bond donors (Lipinski definition) is 2. The van der Waals surface area contributed by atoms with Gasteiger partial charge in [-0.05, 0) is 91.3 Å². The van der Waals surface area contributed by atoms with Gasteiger partial charge in [-0.2, -0.15) is 5.10 Å². The maximum Gasteiger partial charge on any atom is 0.343 e. The number of ether oxygens (including phenoxy) is 3. The second kappa shape index (κ2) is 14.2. The molecule has 4 rings (SSSR count). The first kappa shape index (κ1) is 30.1. The molecule has 0 aromatic heterocycles. The van der Waals surface area contributed by atoms with Crippen LogP contribution in [0.3, 0.4) is 0 Å². The molecule has 9 nitrogen and oxygen atoms in total. The Balaban J connectivity index is 1.41. The average Bonchev–Trinajstić information content (AvgIpc) is 2.99. The molecule has 0 unspecified atom stereocenters. The van der Waals surface area contributed by atoms with Gasteiger partial charge >= 0.3 is 5.97 Å². The number of amides is 2. The molecule has 2 N–H and O–H groups in total. The number of carbonyl (C=O) groups excluding carboxylic acids is 3. The lowest BCUT2D eigenvalue weighted by Crippen LogP contribution is -2.18. The van der Waals surface area contributed by atoms with Crippen LogP contribution in [0.5, 0.6) is 17.2 Å². The number of halogens is 2. The molecular weight excluding hydrogens is 581 g/mol. The molecule has 214 valence electrons. The van der Waals surface area contributed by atoms with Gasteiger partial charge in [-0.1, -0.05) is 29.3 Å². The number of nitrogens with one attached hydrogen (secondary N) is 2. The summed E-state index contributed by atoms with van der Waals surface area (Å²) in [4.78, 5) is 38.0. The molecule has 0 bridgehead atoms. The van der Waals surface area contributed by atoms with Crippen LogP contribution in [0.2, 0.25) is 10.0 Å². The van der Waals surface area contributed by atoms with Crippen LogP contribution in [-0.4, -0.2) is 37.7 Å². The summed E-state index contributed by atoms with van der Waals surface area (Å²) in [5.74, 6) is -0.590. The zero-order chi connectivity index (χ0) is 30.1. The molecule has 0 aliphatic carbocycles. The summed E-state index contributed by atoms with van der Waals surface area (Å²) in [6.07, 6.45) is 1.42. The topological polar surface area (TPSA) is 115 Å². The molecule has 0 radical (unpaired) electrons. The Bertz CT molecular complexity index is 1640. The van der Waals surface area contributed by atoms with Gasteiger partial charge in [0.25, 0.3) is 11.8 Å². The minimum atomic E-state index is -0.563. The summed E-state index contributed by atoms with van der Waals surface area (Å²) in [5, 5.41) is 7.64. The molecule has 0 aliphatic rings. The molecule has 0 heterocycles. The SMILES string of the molecule is CCOc1cc(C=NNC(=O)c2cccc(NC(=O)c3cc(Cl)ccc3OC)c2)ccc1OC(=O)c1ccc(Cl)cc1. The fourth-order valence-corrected chi connectivity index (χ4v) is 4.02. The van der Waals surface area contributed by atoms with Crippen LogP contribution in [0.4, 0.5) is 5.69 Å². The lowest BCUT2D eigenvalue weighted by Gasteiger charge is -2.11. The third-order valence-corrected chi connectivity index (χ3v) is 6.21. The van der Waals surface area contributed by atoms with Crippen LogP contribution in [0, 0.1) is 0 Å². The zero-order valence-electron chi connectivity index (χ0n) is 22.5. The van der Waals surface area contributed by atoms with Crippen molar-refractivity contribution in [2.45, 2.75) is 6.92 Å². The van der Waals surface area contributed by atoms with E-state index in [0.717, 1.165) is 0 Å². The van der Waals surface area contributed by atoms with Gasteiger partial charge in [-0.25, -0.2) is 10.2 Å². The number of anilines is 1. The first-order chi connectivity index (χ1) is 20.3. The standard InChI is InChI=1S/C31H25Cl2N3O6/c1-3-41-28-15-19(7-13-27(28)42-31(39)20-8-10-22(32)11-9-20)18-34-36-29(37)21-5-4-6-24(16-21)35-30(38)25-17-23(33)12-14-26(25)40-2/h4-18H,3H2,1-2H3,(H,35,38)(H,36,37). The lowest BCUT2D eigenvalue weighted by molar-refractivity contribution is 0.0728. The van der Waals surface area contributed by atoms with E-state index in [1.165, 1.54) is 25.5 Å². The summed E-state index contributed by atoms with van der Waals surface area (Å²) in [5.41, 5.74) is 4.28. The molecule has 4 aromatic rings. The van der Waals surface area contributed by atoms with Gasteiger partial charge < -0.3 is 19.5 Å². The Hall–Kier alpha value is -4.86. The van der Waals surface area contributed by atoms with Crippen molar-refractivity contribution >= 4 is 52.9 Å². The van der Waals surface area contributed by atoms with Crippen molar-refractivity contribution in [1.82, 2.24) is 5.43 Å². The summed E-state index contributed by atoms with van der Waals surface area (Å²) < 4.78 is 16.4. The van der Waals surface area contributed by atoms with Crippen molar-refractivity contribution in [2.24, 2.45) is 5.10 Å². The van der Waals surface area contributed by atoms with E-state index in [1.807, 2.05) is 0 Å². The second-order valence-electron chi connectivity index (χ2n) is 8.61. The number of methoxy groups -OCH3 is 1. The van der Waals surface area contributed by atoms with Crippen LogP contribution >= 0.6 is 23.2 Å². The lowest BCUT2D eigenvalue weighted by atomic mass is 10.1. The molecule has 2 amide bonds. The Morgan fingerprint density at radius 3 is 2.29 bits per heavy atom. The highest BCUT2D eigenvalue weighted by atomic mass is 35.5. The van der Waals surface area contributed by atoms with Gasteiger partial charge in [-0.15, -0.1) is 0 Å². The van der Waals surface area contributed by atoms with Gasteiger partial charge in [0.2, 0.25) is 0 Å². The Morgan fingerprint density at radius 2 is 1.55 bits per heavy atom. The number of hydrogen-bond acceptors (Lipinski definition) is 7. The van der Waals surface area contributed by atoms with Crippen LogP contribution in [0.25, 0.3) is 0 Å². The maximum atomic E-state index is 12.8. The van der Waals surface area contributed by atoms with Crippen LogP contribution < -0.4 is 25.0 Å². The van der Waals surface area contributed by atoms with Crippen molar-refractivity contribution in [1.29, 1.82) is 0 Å². The van der Waals surface area contributed by atoms with Crippen LogP contribution in [0.15, 0.2) is 90.0 Å². The Kier molecular flexibility index (Phi) is 10.1. The van der Waals surface area contributed by atoms with E-state index in [4.69, 9.17) is 37.4 Å². The predicted octanol–water partition coefficient (Wildman–Crippen LogP) is 6.64. The van der Waals surface area contributed by atoms with Crippen molar-refractivity contribution in [2.75, 3.05) is 19.0 Å². The minimum absolute atomic E-state index is 0.229. The Labute approximate surface area is 252 Å². The second-order valence-corrected chi connectivity index (χ2v) is 9.49. The van der Waals surface area contributed by atoms with E-state index in [0.29, 0.717) is 45.0 Å². The molecule has 0 aliphatic heterocycles. The third kappa shape index (κ3) is 7.87. The average molecular weight is 606 g/mol. The summed E-state index contributed by atoms with van der Waals surface area (Å²) in [6.45, 7) is 2.13. The van der Waals surface area contributed by atoms with Gasteiger partial charge in [0.1, 0.15) is 5.75 Å². The van der Waals surface area contributed by atoms with E-state index in [9.17, 15) is 14.4 Å². The quantitative estimate of drug-likeness (QED) is 0.0906. The van der Waals surface area contributed by atoms with E-state index >= 15 is 0 Å². The van der Waals surface area contributed by atoms with Gasteiger partial charge in [0.05, 0.1) is 31.1 Å². The smallest absolute Gasteiger partial charge is 0.343 e. The summed E-state index contributed by atoms with van der Waals surface area (Å²) >= 11 is 11.9. The van der Waals surface area contributed by atoms with E-state index in [2.05, 4.69) is 15.8 Å². The third-order valence-electron chi connectivity index (χ3n) is 5.72. The Morgan fingerprint density at radius 1 is 0.810 bits per heavy atom. The molecule has 0 saturated heterocycles. The number of esters is 1. The molecule has 0 atom stereocenters. The predicted molar refractivity (Wildman–Crippen MR) is 161 cm³/mol. The highest BCUT2D eigenvalue weighted by Gasteiger charge is 2.15. The molecule has 4 aromatic carbocycles. The van der Waals surface area contributed by atoms with Crippen molar-refractivity contribution in [3.05, 3.63) is 117 Å². The summed E-state index contributed by atoms with van der Waals surface area (Å²) in [7, 11) is 1.45. The maximum absolute atomic E-state index is 12.8. The van der Waals surface area contributed by atoms with Crippen molar-refractivity contribution in [3.63, 3.8) is 0 Å². The minimum Gasteiger partial charge on any atom is -0.496 e. The molecule has 42 heavy (non-hydrogen) atoms. The number of benzene rings is 4. The number of carbonyl (C=O) groups is 3. The van der Waals surface area contributed by atoms with E-state index < -0.39 is 17.8 Å². The zero-order valence-corrected chi connectivity index (χ0v) is 24.0. The highest BCUT2D eigenvalue weighted by Crippen LogP contribution is 2.29. The number of nitrogens with zero attached hydrogens (tertiary/aromatic N) is 1.